The number of fused-ring (bicyclic) bond motifs is 3. The van der Waals surface area contributed by atoms with E-state index in [4.69, 9.17) is 47.4 Å². The molecule has 520 valence electrons. The van der Waals surface area contributed by atoms with Gasteiger partial charge in [0.15, 0.2) is 6.29 Å². The largest absolute Gasteiger partial charge is 1.00 e. The Bertz CT molecular complexity index is 2830. The Morgan fingerprint density at radius 2 is 0.851 bits per heavy atom. The molecule has 0 amide bonds. The van der Waals surface area contributed by atoms with Crippen molar-refractivity contribution in [2.45, 2.75) is 237 Å². The van der Waals surface area contributed by atoms with Gasteiger partial charge in [-0.3, -0.25) is 48.2 Å². The molecule has 3 aromatic carbocycles. The second-order valence-electron chi connectivity index (χ2n) is 27.7. The molecule has 0 aromatic heterocycles. The predicted molar refractivity (Wildman–Crippen MR) is 346 cm³/mol. The molecule has 0 radical (unpaired) electrons. The Morgan fingerprint density at radius 3 is 1.21 bits per heavy atom. The monoisotopic (exact) mass is 1330 g/mol. The fourth-order valence-electron chi connectivity index (χ4n) is 8.79. The number of carbonyl (C=O) groups excluding carboxylic acids is 8. The molecular formula is C68H103BN3NaO21. The average molecular weight is 1330 g/mol. The summed E-state index contributed by atoms with van der Waals surface area (Å²) in [5, 5.41) is 3.00. The number of ether oxygens (including phenoxy) is 10. The molecule has 0 saturated heterocycles. The van der Waals surface area contributed by atoms with E-state index in [1.807, 2.05) is 183 Å². The summed E-state index contributed by atoms with van der Waals surface area (Å²) >= 11 is 0. The minimum Gasteiger partial charge on any atom is -1.00 e. The molecule has 0 spiro atoms. The van der Waals surface area contributed by atoms with Gasteiger partial charge in [-0.15, -0.1) is 0 Å². The van der Waals surface area contributed by atoms with Gasteiger partial charge >= 0.3 is 60.8 Å². The molecule has 3 aromatic rings. The second-order valence-corrected chi connectivity index (χ2v) is 27.7. The third-order valence-corrected chi connectivity index (χ3v) is 12.3. The topological polar surface area (TPSA) is 275 Å². The number of hydrogen-bond acceptors (Lipinski definition) is 24. The third kappa shape index (κ3) is 35.0. The number of rotatable bonds is 22. The zero-order valence-corrected chi connectivity index (χ0v) is 61.7. The van der Waals surface area contributed by atoms with Crippen LogP contribution in [0.4, 0.5) is 0 Å². The van der Waals surface area contributed by atoms with Crippen LogP contribution in [0.15, 0.2) is 54.6 Å². The van der Waals surface area contributed by atoms with Crippen LogP contribution in [0.5, 0.6) is 17.2 Å². The van der Waals surface area contributed by atoms with Crippen LogP contribution in [0.3, 0.4) is 0 Å². The van der Waals surface area contributed by atoms with E-state index in [1.54, 1.807) is 6.07 Å². The van der Waals surface area contributed by atoms with Crippen molar-refractivity contribution in [2.24, 2.45) is 0 Å². The Labute approximate surface area is 579 Å². The van der Waals surface area contributed by atoms with Gasteiger partial charge in [0.05, 0.1) is 45.0 Å². The number of carbonyl (C=O) groups is 8. The van der Waals surface area contributed by atoms with E-state index in [0.29, 0.717) is 70.3 Å². The van der Waals surface area contributed by atoms with Gasteiger partial charge in [0.25, 0.3) is 17.9 Å². The van der Waals surface area contributed by atoms with Gasteiger partial charge in [-0.2, -0.15) is 0 Å². The number of benzene rings is 3. The van der Waals surface area contributed by atoms with Crippen molar-refractivity contribution in [2.75, 3.05) is 39.3 Å². The van der Waals surface area contributed by atoms with Gasteiger partial charge in [-0.1, -0.05) is 48.5 Å². The van der Waals surface area contributed by atoms with Gasteiger partial charge in [-0.25, -0.2) is 0 Å². The standard InChI is InChI=1S/C36H52N2O8.C15H29NO4.C11H12O3.C6H9BO6.Na.H/c1-33(2,3)43-29(39)21-37(19-25-13-11-15-27-23-41-35(7,8)45-31(25)27)17-18-38(22-30(40)44-34(4,5)6)20-26-14-12-16-28-24-42-36(9,10)46-32(26)28;1-14(2,3)19-12(17)9-7-8-10-16-11-13(18)20-15(4,5)6;1-11(2)13-7-9-5-3-4-8(6-12)10(9)14-11;1-4(8)11-7(12-5(2)9)13-6(3)10;;/h11-16H,17-24H2,1-10H3;16H,7-11H2,1-6H3;3-6H,7H2,1-2H3;1-3H3;;/q;;;;+1;-1. The van der Waals surface area contributed by atoms with Crippen LogP contribution in [-0.2, 0) is 114 Å². The van der Waals surface area contributed by atoms with Crippen LogP contribution in [-0.4, -0.2) is 144 Å². The van der Waals surface area contributed by atoms with Crippen molar-refractivity contribution in [3.63, 3.8) is 0 Å². The van der Waals surface area contributed by atoms with E-state index < -0.39 is 65.0 Å². The molecule has 1 N–H and O–H groups in total. The van der Waals surface area contributed by atoms with Crippen LogP contribution >= 0.6 is 0 Å². The summed E-state index contributed by atoms with van der Waals surface area (Å²) in [4.78, 5) is 95.1. The number of unbranched alkanes of at least 4 members (excludes halogenated alkanes) is 1. The first-order chi connectivity index (χ1) is 42.8. The van der Waals surface area contributed by atoms with E-state index >= 15 is 0 Å². The number of esters is 4. The maximum absolute atomic E-state index is 13.1. The number of nitrogens with zero attached hydrogens (tertiary/aromatic N) is 2. The first-order valence-corrected chi connectivity index (χ1v) is 31.1. The van der Waals surface area contributed by atoms with Gasteiger partial charge < -0.3 is 68.1 Å². The fraction of sp³-hybridized carbons (Fsp3) is 0.618. The normalized spacial score (nSPS) is 14.8. The molecule has 6 rings (SSSR count). The average Bonchev–Trinajstić information content (AvgIpc) is 0.815. The molecule has 0 atom stereocenters. The fourth-order valence-corrected chi connectivity index (χ4v) is 8.79. The van der Waals surface area contributed by atoms with E-state index in [0.717, 1.165) is 79.2 Å². The molecular weight excluding hydrogens is 1230 g/mol. The number of para-hydroxylation sites is 3. The maximum atomic E-state index is 13.1. The summed E-state index contributed by atoms with van der Waals surface area (Å²) < 4.78 is 70.1. The Balaban J connectivity index is 0.000000753. The predicted octanol–water partition coefficient (Wildman–Crippen LogP) is 7.32. The van der Waals surface area contributed by atoms with Crippen LogP contribution in [0.25, 0.3) is 0 Å². The molecule has 0 unspecified atom stereocenters. The molecule has 94 heavy (non-hydrogen) atoms. The van der Waals surface area contributed by atoms with Gasteiger partial charge in [0.1, 0.15) is 39.7 Å². The van der Waals surface area contributed by atoms with Crippen molar-refractivity contribution in [1.82, 2.24) is 15.1 Å². The van der Waals surface area contributed by atoms with Crippen LogP contribution in [0.1, 0.15) is 204 Å². The number of nitrogens with one attached hydrogen (secondary N) is 1. The Morgan fingerprint density at radius 1 is 0.511 bits per heavy atom. The molecule has 26 heteroatoms. The van der Waals surface area contributed by atoms with Gasteiger partial charge in [0, 0.05) is 123 Å². The zero-order chi connectivity index (χ0) is 70.3. The summed E-state index contributed by atoms with van der Waals surface area (Å²) in [7, 11) is -1.59. The van der Waals surface area contributed by atoms with Crippen molar-refractivity contribution >= 4 is 55.4 Å². The van der Waals surface area contributed by atoms with E-state index in [-0.39, 0.29) is 74.5 Å². The molecule has 0 aliphatic carbocycles. The maximum Gasteiger partial charge on any atom is 1.00 e. The van der Waals surface area contributed by atoms with Crippen LogP contribution in [0, 0.1) is 0 Å². The zero-order valence-electron chi connectivity index (χ0n) is 60.7. The summed E-state index contributed by atoms with van der Waals surface area (Å²) in [6.07, 6.45) is 2.78. The first kappa shape index (κ1) is 83.9. The van der Waals surface area contributed by atoms with Gasteiger partial charge in [-0.05, 0) is 109 Å². The molecule has 0 saturated carbocycles. The molecule has 0 fully saturated rings. The minimum atomic E-state index is -1.59. The smallest absolute Gasteiger partial charge is 1.00 e. The van der Waals surface area contributed by atoms with Crippen molar-refractivity contribution in [3.05, 3.63) is 88.0 Å². The van der Waals surface area contributed by atoms with E-state index in [9.17, 15) is 38.4 Å². The molecule has 3 aliphatic rings. The first-order valence-electron chi connectivity index (χ1n) is 31.1. The summed E-state index contributed by atoms with van der Waals surface area (Å²) in [5.74, 6) is -3.21. The molecule has 24 nitrogen and oxygen atoms in total. The van der Waals surface area contributed by atoms with Crippen molar-refractivity contribution < 1.29 is 131 Å². The van der Waals surface area contributed by atoms with Crippen LogP contribution < -0.4 is 49.1 Å². The quantitative estimate of drug-likeness (QED) is 0.0339. The summed E-state index contributed by atoms with van der Waals surface area (Å²) in [6.45, 7) is 40.9. The minimum absolute atomic E-state index is 0. The molecule has 3 heterocycles. The third-order valence-electron chi connectivity index (χ3n) is 12.3. The van der Waals surface area contributed by atoms with E-state index in [1.165, 1.54) is 0 Å². The Hall–Kier alpha value is -6.16. The Kier molecular flexibility index (Phi) is 33.4. The summed E-state index contributed by atoms with van der Waals surface area (Å²) in [6, 6.07) is 17.4. The molecule has 0 bridgehead atoms. The van der Waals surface area contributed by atoms with Crippen molar-refractivity contribution in [3.8, 4) is 17.2 Å². The van der Waals surface area contributed by atoms with E-state index in [2.05, 4.69) is 19.3 Å². The van der Waals surface area contributed by atoms with Gasteiger partial charge in [0.2, 0.25) is 17.4 Å². The van der Waals surface area contributed by atoms with Crippen LogP contribution in [0.2, 0.25) is 0 Å². The summed E-state index contributed by atoms with van der Waals surface area (Å²) in [5.41, 5.74) is 3.21. The van der Waals surface area contributed by atoms with Crippen molar-refractivity contribution in [1.29, 1.82) is 0 Å². The molecule has 3 aliphatic heterocycles. The number of aldehydes is 1. The SMILES string of the molecule is CC(=O)OB(OC(C)=O)OC(C)=O.CC(C)(C)OC(=O)CCCCNCC(=O)OC(C)(C)C.CC(C)(C)OC(=O)CN(CCN(CC(=O)OC(C)(C)C)Cc1cccc2c1OC(C)(C)OC2)Cc1cccc2c1OC(C)(C)OC2.CC1(C)OCc2cccc(C=O)c2O1.[H-].[Na+]. The second kappa shape index (κ2) is 37.4. The number of hydrogen-bond donors (Lipinski definition) is 1.